The van der Waals surface area contributed by atoms with Crippen molar-refractivity contribution in [1.29, 1.82) is 0 Å². The van der Waals surface area contributed by atoms with E-state index in [9.17, 15) is 4.79 Å². The van der Waals surface area contributed by atoms with Crippen molar-refractivity contribution in [3.05, 3.63) is 17.8 Å². The molecule has 6 nitrogen and oxygen atoms in total. The summed E-state index contributed by atoms with van der Waals surface area (Å²) in [5, 5.41) is 0. The van der Waals surface area contributed by atoms with Crippen molar-refractivity contribution in [1.82, 2.24) is 9.88 Å². The summed E-state index contributed by atoms with van der Waals surface area (Å²) in [6.45, 7) is 5.49. The molecule has 0 unspecified atom stereocenters. The Morgan fingerprint density at radius 2 is 2.27 bits per heavy atom. The Labute approximate surface area is 130 Å². The fourth-order valence-electron chi connectivity index (χ4n) is 3.11. The van der Waals surface area contributed by atoms with Gasteiger partial charge in [-0.25, -0.2) is 4.98 Å². The summed E-state index contributed by atoms with van der Waals surface area (Å²) in [6, 6.07) is 0. The first kappa shape index (κ1) is 15.5. The van der Waals surface area contributed by atoms with E-state index in [0.29, 0.717) is 37.2 Å². The number of carbonyl (C=O) groups excluding carboxylic acids is 1. The van der Waals surface area contributed by atoms with Gasteiger partial charge in [0.2, 0.25) is 0 Å². The van der Waals surface area contributed by atoms with Crippen molar-refractivity contribution in [3.63, 3.8) is 0 Å². The van der Waals surface area contributed by atoms with Crippen molar-refractivity contribution in [2.24, 2.45) is 0 Å². The van der Waals surface area contributed by atoms with Gasteiger partial charge in [-0.2, -0.15) is 0 Å². The Morgan fingerprint density at radius 1 is 1.50 bits per heavy atom. The van der Waals surface area contributed by atoms with Crippen LogP contribution in [0.4, 0.5) is 0 Å². The van der Waals surface area contributed by atoms with Crippen LogP contribution in [0.3, 0.4) is 0 Å². The van der Waals surface area contributed by atoms with Gasteiger partial charge < -0.3 is 18.8 Å². The Bertz CT molecular complexity index is 536. The number of carbonyl (C=O) groups is 1. The summed E-state index contributed by atoms with van der Waals surface area (Å²) in [5.74, 6) is 1.01. The van der Waals surface area contributed by atoms with E-state index in [0.717, 1.165) is 12.8 Å². The molecule has 0 N–H and O–H groups in total. The first-order chi connectivity index (χ1) is 10.5. The summed E-state index contributed by atoms with van der Waals surface area (Å²) in [6.07, 6.45) is 4.80. The van der Waals surface area contributed by atoms with Crippen molar-refractivity contribution in [3.8, 4) is 0 Å². The molecule has 1 saturated carbocycles. The topological polar surface area (TPSA) is 64.8 Å². The second-order valence-electron chi connectivity index (χ2n) is 6.84. The molecule has 1 atom stereocenters. The van der Waals surface area contributed by atoms with Crippen molar-refractivity contribution < 1.29 is 18.7 Å². The molecule has 0 spiro atoms. The quantitative estimate of drug-likeness (QED) is 0.853. The largest absolute Gasteiger partial charge is 0.448 e. The number of hydrogen-bond donors (Lipinski definition) is 0. The van der Waals surface area contributed by atoms with Gasteiger partial charge in [-0.15, -0.1) is 0 Å². The highest BCUT2D eigenvalue weighted by atomic mass is 16.5. The van der Waals surface area contributed by atoms with Gasteiger partial charge in [0.25, 0.3) is 5.91 Å². The fourth-order valence-corrected chi connectivity index (χ4v) is 3.11. The third-order valence-corrected chi connectivity index (χ3v) is 4.32. The molecular formula is C16H24N2O4. The van der Waals surface area contributed by atoms with Crippen LogP contribution in [0.5, 0.6) is 0 Å². The monoisotopic (exact) mass is 308 g/mol. The highest BCUT2D eigenvalue weighted by Gasteiger charge is 2.37. The number of morpholine rings is 1. The molecule has 0 radical (unpaired) electrons. The Morgan fingerprint density at radius 3 is 2.91 bits per heavy atom. The van der Waals surface area contributed by atoms with Gasteiger partial charge in [-0.1, -0.05) is 6.42 Å². The van der Waals surface area contributed by atoms with Crippen LogP contribution in [-0.2, 0) is 9.47 Å². The van der Waals surface area contributed by atoms with Crippen LogP contribution in [0.1, 0.15) is 55.4 Å². The first-order valence-electron chi connectivity index (χ1n) is 7.90. The minimum absolute atomic E-state index is 0.0909. The fraction of sp³-hybridized carbons (Fsp3) is 0.750. The van der Waals surface area contributed by atoms with Crippen LogP contribution < -0.4 is 0 Å². The molecule has 1 aliphatic carbocycles. The van der Waals surface area contributed by atoms with Gasteiger partial charge in [0.1, 0.15) is 6.26 Å². The number of hydrogen-bond acceptors (Lipinski definition) is 5. The van der Waals surface area contributed by atoms with E-state index < -0.39 is 5.60 Å². The number of oxazole rings is 1. The minimum atomic E-state index is -0.391. The van der Waals surface area contributed by atoms with Crippen molar-refractivity contribution in [2.75, 3.05) is 26.8 Å². The molecule has 1 aliphatic heterocycles. The molecule has 6 heteroatoms. The lowest BCUT2D eigenvalue weighted by Gasteiger charge is -2.42. The molecule has 2 heterocycles. The lowest BCUT2D eigenvalue weighted by atomic mass is 9.85. The molecule has 1 aromatic heterocycles. The molecule has 2 fully saturated rings. The number of amides is 1. The average Bonchev–Trinajstić information content (AvgIpc) is 2.83. The van der Waals surface area contributed by atoms with E-state index in [1.54, 1.807) is 12.0 Å². The standard InChI is InChI=1S/C16H24N2O4/c1-16(2)10-18(7-12(22-16)8-20-3)15(19)13-9-21-14(17-13)11-5-4-6-11/h9,11-12H,4-8,10H2,1-3H3/t12-/m0/s1. The number of ether oxygens (including phenoxy) is 2. The average molecular weight is 308 g/mol. The van der Waals surface area contributed by atoms with E-state index in [1.807, 2.05) is 13.8 Å². The molecule has 1 amide bonds. The normalized spacial score (nSPS) is 25.0. The summed E-state index contributed by atoms with van der Waals surface area (Å²) in [7, 11) is 1.64. The van der Waals surface area contributed by atoms with Gasteiger partial charge in [0.05, 0.1) is 18.3 Å². The highest BCUT2D eigenvalue weighted by Crippen LogP contribution is 2.35. The molecule has 1 aromatic rings. The van der Waals surface area contributed by atoms with Crippen LogP contribution in [0.15, 0.2) is 10.7 Å². The number of methoxy groups -OCH3 is 1. The summed E-state index contributed by atoms with van der Waals surface area (Å²) in [4.78, 5) is 18.9. The van der Waals surface area contributed by atoms with Gasteiger partial charge in [-0.3, -0.25) is 4.79 Å². The molecule has 122 valence electrons. The molecule has 0 bridgehead atoms. The van der Waals surface area contributed by atoms with Gasteiger partial charge in [0, 0.05) is 26.1 Å². The smallest absolute Gasteiger partial charge is 0.276 e. The second kappa shape index (κ2) is 6.01. The number of nitrogens with zero attached hydrogens (tertiary/aromatic N) is 2. The maximum absolute atomic E-state index is 12.7. The zero-order chi connectivity index (χ0) is 15.7. The number of rotatable bonds is 4. The van der Waals surface area contributed by atoms with E-state index in [1.165, 1.54) is 12.7 Å². The zero-order valence-electron chi connectivity index (χ0n) is 13.5. The maximum Gasteiger partial charge on any atom is 0.276 e. The van der Waals surface area contributed by atoms with Crippen LogP contribution >= 0.6 is 0 Å². The van der Waals surface area contributed by atoms with Crippen LogP contribution in [0.25, 0.3) is 0 Å². The predicted octanol–water partition coefficient (Wildman–Crippen LogP) is 2.21. The van der Waals surface area contributed by atoms with Crippen LogP contribution in [0.2, 0.25) is 0 Å². The molecular weight excluding hydrogens is 284 g/mol. The van der Waals surface area contributed by atoms with Crippen molar-refractivity contribution >= 4 is 5.91 Å². The van der Waals surface area contributed by atoms with Gasteiger partial charge in [0.15, 0.2) is 11.6 Å². The van der Waals surface area contributed by atoms with Gasteiger partial charge >= 0.3 is 0 Å². The third-order valence-electron chi connectivity index (χ3n) is 4.32. The van der Waals surface area contributed by atoms with Crippen LogP contribution in [-0.4, -0.2) is 54.3 Å². The second-order valence-corrected chi connectivity index (χ2v) is 6.84. The Kier molecular flexibility index (Phi) is 4.23. The first-order valence-corrected chi connectivity index (χ1v) is 7.90. The van der Waals surface area contributed by atoms with E-state index >= 15 is 0 Å². The molecule has 0 aromatic carbocycles. The number of aromatic nitrogens is 1. The lowest BCUT2D eigenvalue weighted by Crippen LogP contribution is -2.55. The minimum Gasteiger partial charge on any atom is -0.448 e. The van der Waals surface area contributed by atoms with E-state index in [-0.39, 0.29) is 12.0 Å². The lowest BCUT2D eigenvalue weighted by molar-refractivity contribution is -0.143. The SMILES string of the molecule is COC[C@@H]1CN(C(=O)c2coc(C3CCC3)n2)CC(C)(C)O1. The zero-order valence-corrected chi connectivity index (χ0v) is 13.5. The summed E-state index contributed by atoms with van der Waals surface area (Å²) < 4.78 is 16.6. The molecule has 2 aliphatic rings. The molecule has 3 rings (SSSR count). The van der Waals surface area contributed by atoms with Crippen molar-refractivity contribution in [2.45, 2.75) is 50.7 Å². The Hall–Kier alpha value is -1.40. The van der Waals surface area contributed by atoms with E-state index in [4.69, 9.17) is 13.9 Å². The maximum atomic E-state index is 12.7. The predicted molar refractivity (Wildman–Crippen MR) is 79.8 cm³/mol. The molecule has 22 heavy (non-hydrogen) atoms. The van der Waals surface area contributed by atoms with E-state index in [2.05, 4.69) is 4.98 Å². The van der Waals surface area contributed by atoms with Gasteiger partial charge in [-0.05, 0) is 26.7 Å². The Balaban J connectivity index is 1.71. The van der Waals surface area contributed by atoms with Crippen LogP contribution in [0, 0.1) is 0 Å². The summed E-state index contributed by atoms with van der Waals surface area (Å²) in [5.41, 5.74) is 0.00763. The highest BCUT2D eigenvalue weighted by molar-refractivity contribution is 5.92. The summed E-state index contributed by atoms with van der Waals surface area (Å²) >= 11 is 0. The molecule has 1 saturated heterocycles. The third kappa shape index (κ3) is 3.17.